The molecule has 10 heavy (non-hydrogen) atoms. The van der Waals surface area contributed by atoms with E-state index < -0.39 is 0 Å². The van der Waals surface area contributed by atoms with Crippen molar-refractivity contribution in [2.45, 2.75) is 44.8 Å². The Kier molecular flexibility index (Phi) is 3.16. The second-order valence-corrected chi connectivity index (χ2v) is 3.03. The van der Waals surface area contributed by atoms with Gasteiger partial charge in [0, 0.05) is 6.04 Å². The van der Waals surface area contributed by atoms with Gasteiger partial charge >= 0.3 is 0 Å². The maximum absolute atomic E-state index is 9.42. The summed E-state index contributed by atoms with van der Waals surface area (Å²) in [7, 11) is 0. The van der Waals surface area contributed by atoms with Crippen LogP contribution in [0.3, 0.4) is 0 Å². The van der Waals surface area contributed by atoms with Gasteiger partial charge in [0.2, 0.25) is 0 Å². The molecule has 0 radical (unpaired) electrons. The number of hydrogen-bond donors (Lipinski definition) is 2. The minimum atomic E-state index is -0.125. The van der Waals surface area contributed by atoms with Gasteiger partial charge in [-0.05, 0) is 25.8 Å². The molecule has 0 aromatic heterocycles. The van der Waals surface area contributed by atoms with Gasteiger partial charge in [-0.2, -0.15) is 0 Å². The molecular weight excluding hydrogens is 126 g/mol. The molecule has 0 aromatic carbocycles. The molecule has 60 valence electrons. The SMILES string of the molecule is CC[C@@H](O)[C@H]1CCCCN1. The molecule has 2 heteroatoms. The van der Waals surface area contributed by atoms with Gasteiger partial charge in [-0.25, -0.2) is 0 Å². The van der Waals surface area contributed by atoms with Crippen molar-refractivity contribution >= 4 is 0 Å². The first-order chi connectivity index (χ1) is 4.84. The fraction of sp³-hybridized carbons (Fsp3) is 1.00. The van der Waals surface area contributed by atoms with Gasteiger partial charge in [0.05, 0.1) is 6.10 Å². The standard InChI is InChI=1S/C8H17NO/c1-2-8(10)7-5-3-4-6-9-7/h7-10H,2-6H2,1H3/t7-,8-/m1/s1. The summed E-state index contributed by atoms with van der Waals surface area (Å²) in [6.07, 6.45) is 4.44. The zero-order valence-corrected chi connectivity index (χ0v) is 6.64. The summed E-state index contributed by atoms with van der Waals surface area (Å²) in [5.41, 5.74) is 0. The molecule has 0 unspecified atom stereocenters. The zero-order chi connectivity index (χ0) is 7.40. The Balaban J connectivity index is 2.24. The molecule has 1 saturated heterocycles. The van der Waals surface area contributed by atoms with Crippen LogP contribution in [-0.2, 0) is 0 Å². The second-order valence-electron chi connectivity index (χ2n) is 3.03. The lowest BCUT2D eigenvalue weighted by Gasteiger charge is -2.27. The number of rotatable bonds is 2. The van der Waals surface area contributed by atoms with Crippen LogP contribution >= 0.6 is 0 Å². The number of aliphatic hydroxyl groups is 1. The molecule has 0 aromatic rings. The predicted molar refractivity (Wildman–Crippen MR) is 41.9 cm³/mol. The van der Waals surface area contributed by atoms with Gasteiger partial charge in [-0.15, -0.1) is 0 Å². The molecule has 2 atom stereocenters. The monoisotopic (exact) mass is 143 g/mol. The van der Waals surface area contributed by atoms with Crippen LogP contribution in [-0.4, -0.2) is 23.8 Å². The smallest absolute Gasteiger partial charge is 0.0690 e. The van der Waals surface area contributed by atoms with Crippen molar-refractivity contribution in [3.8, 4) is 0 Å². The fourth-order valence-electron chi connectivity index (χ4n) is 1.49. The van der Waals surface area contributed by atoms with E-state index in [9.17, 15) is 5.11 Å². The number of nitrogens with one attached hydrogen (secondary N) is 1. The van der Waals surface area contributed by atoms with E-state index >= 15 is 0 Å². The van der Waals surface area contributed by atoms with Crippen LogP contribution in [0.25, 0.3) is 0 Å². The highest BCUT2D eigenvalue weighted by atomic mass is 16.3. The van der Waals surface area contributed by atoms with Crippen LogP contribution in [0.5, 0.6) is 0 Å². The number of piperidine rings is 1. The molecule has 0 spiro atoms. The lowest BCUT2D eigenvalue weighted by molar-refractivity contribution is 0.109. The Morgan fingerprint density at radius 3 is 2.90 bits per heavy atom. The topological polar surface area (TPSA) is 32.3 Å². The maximum Gasteiger partial charge on any atom is 0.0690 e. The van der Waals surface area contributed by atoms with E-state index in [1.807, 2.05) is 6.92 Å². The van der Waals surface area contributed by atoms with E-state index in [1.54, 1.807) is 0 Å². The summed E-state index contributed by atoms with van der Waals surface area (Å²) in [5.74, 6) is 0. The first-order valence-electron chi connectivity index (χ1n) is 4.26. The van der Waals surface area contributed by atoms with E-state index in [4.69, 9.17) is 0 Å². The maximum atomic E-state index is 9.42. The summed E-state index contributed by atoms with van der Waals surface area (Å²) in [6.45, 7) is 3.11. The van der Waals surface area contributed by atoms with Crippen molar-refractivity contribution in [3.63, 3.8) is 0 Å². The summed E-state index contributed by atoms with van der Waals surface area (Å²) in [5, 5.41) is 12.7. The summed E-state index contributed by atoms with van der Waals surface area (Å²) >= 11 is 0. The molecule has 1 fully saturated rings. The van der Waals surface area contributed by atoms with Crippen LogP contribution < -0.4 is 5.32 Å². The summed E-state index contributed by atoms with van der Waals surface area (Å²) < 4.78 is 0. The molecule has 2 N–H and O–H groups in total. The summed E-state index contributed by atoms with van der Waals surface area (Å²) in [4.78, 5) is 0. The van der Waals surface area contributed by atoms with Crippen molar-refractivity contribution < 1.29 is 5.11 Å². The molecule has 0 aliphatic carbocycles. The Labute approximate surface area is 62.6 Å². The first-order valence-corrected chi connectivity index (χ1v) is 4.26. The van der Waals surface area contributed by atoms with E-state index in [0.29, 0.717) is 6.04 Å². The first kappa shape index (κ1) is 8.02. The van der Waals surface area contributed by atoms with E-state index in [2.05, 4.69) is 5.32 Å². The van der Waals surface area contributed by atoms with Crippen LogP contribution in [0, 0.1) is 0 Å². The van der Waals surface area contributed by atoms with Gasteiger partial charge in [-0.1, -0.05) is 13.3 Å². The molecule has 1 aliphatic heterocycles. The third-order valence-electron chi connectivity index (χ3n) is 2.23. The number of hydrogen-bond acceptors (Lipinski definition) is 2. The Morgan fingerprint density at radius 2 is 2.40 bits per heavy atom. The molecule has 2 nitrogen and oxygen atoms in total. The van der Waals surface area contributed by atoms with Crippen LogP contribution in [0.15, 0.2) is 0 Å². The minimum absolute atomic E-state index is 0.125. The van der Waals surface area contributed by atoms with Gasteiger partial charge in [0.15, 0.2) is 0 Å². The largest absolute Gasteiger partial charge is 0.392 e. The van der Waals surface area contributed by atoms with E-state index in [-0.39, 0.29) is 6.10 Å². The fourth-order valence-corrected chi connectivity index (χ4v) is 1.49. The van der Waals surface area contributed by atoms with Crippen molar-refractivity contribution in [1.82, 2.24) is 5.32 Å². The lowest BCUT2D eigenvalue weighted by Crippen LogP contribution is -2.42. The van der Waals surface area contributed by atoms with Gasteiger partial charge in [-0.3, -0.25) is 0 Å². The van der Waals surface area contributed by atoms with Crippen molar-refractivity contribution in [2.75, 3.05) is 6.54 Å². The van der Waals surface area contributed by atoms with Crippen molar-refractivity contribution in [1.29, 1.82) is 0 Å². The molecule has 1 aliphatic rings. The lowest BCUT2D eigenvalue weighted by atomic mass is 9.99. The van der Waals surface area contributed by atoms with Crippen molar-refractivity contribution in [2.24, 2.45) is 0 Å². The van der Waals surface area contributed by atoms with Crippen LogP contribution in [0.2, 0.25) is 0 Å². The van der Waals surface area contributed by atoms with Gasteiger partial charge < -0.3 is 10.4 Å². The average molecular weight is 143 g/mol. The summed E-state index contributed by atoms with van der Waals surface area (Å²) in [6, 6.07) is 0.374. The highest BCUT2D eigenvalue weighted by Gasteiger charge is 2.18. The van der Waals surface area contributed by atoms with Gasteiger partial charge in [0.25, 0.3) is 0 Å². The van der Waals surface area contributed by atoms with E-state index in [0.717, 1.165) is 19.4 Å². The Morgan fingerprint density at radius 1 is 1.60 bits per heavy atom. The van der Waals surface area contributed by atoms with E-state index in [1.165, 1.54) is 12.8 Å². The highest BCUT2D eigenvalue weighted by molar-refractivity contribution is 4.77. The molecule has 1 heterocycles. The Hall–Kier alpha value is -0.0800. The predicted octanol–water partition coefficient (Wildman–Crippen LogP) is 0.899. The van der Waals surface area contributed by atoms with Crippen LogP contribution in [0.4, 0.5) is 0 Å². The molecular formula is C8H17NO. The van der Waals surface area contributed by atoms with Crippen LogP contribution in [0.1, 0.15) is 32.6 Å². The highest BCUT2D eigenvalue weighted by Crippen LogP contribution is 2.11. The van der Waals surface area contributed by atoms with Gasteiger partial charge in [0.1, 0.15) is 0 Å². The third kappa shape index (κ3) is 1.96. The number of aliphatic hydroxyl groups excluding tert-OH is 1. The van der Waals surface area contributed by atoms with Crippen molar-refractivity contribution in [3.05, 3.63) is 0 Å². The Bertz CT molecular complexity index is 89.3. The molecule has 1 rings (SSSR count). The molecule has 0 amide bonds. The third-order valence-corrected chi connectivity index (χ3v) is 2.23. The second kappa shape index (κ2) is 3.94. The molecule has 0 bridgehead atoms. The minimum Gasteiger partial charge on any atom is -0.392 e. The molecule has 0 saturated carbocycles. The quantitative estimate of drug-likeness (QED) is 0.602. The normalized spacial score (nSPS) is 30.0. The average Bonchev–Trinajstić information content (AvgIpc) is 2.05. The zero-order valence-electron chi connectivity index (χ0n) is 6.64.